The molecule has 1 aliphatic carbocycles. The first kappa shape index (κ1) is 16.7. The minimum Gasteiger partial charge on any atom is -0.281 e. The zero-order valence-corrected chi connectivity index (χ0v) is 15.3. The molecule has 7 heteroatoms. The van der Waals surface area contributed by atoms with E-state index in [1.54, 1.807) is 18.4 Å². The molecule has 0 bridgehead atoms. The zero-order valence-electron chi connectivity index (χ0n) is 14.5. The van der Waals surface area contributed by atoms with E-state index in [2.05, 4.69) is 38.8 Å². The number of fused-ring (bicyclic) bond motifs is 1. The Morgan fingerprint density at radius 1 is 1.35 bits per heavy atom. The van der Waals surface area contributed by atoms with Crippen LogP contribution in [0.1, 0.15) is 33.0 Å². The van der Waals surface area contributed by atoms with E-state index in [0.717, 1.165) is 22.5 Å². The van der Waals surface area contributed by atoms with Crippen LogP contribution in [-0.2, 0) is 16.7 Å². The summed E-state index contributed by atoms with van der Waals surface area (Å²) in [6.45, 7) is 0. The maximum Gasteiger partial charge on any atom is 0.298 e. The predicted octanol–water partition coefficient (Wildman–Crippen LogP) is 3.06. The van der Waals surface area contributed by atoms with Crippen LogP contribution >= 0.6 is 11.3 Å². The molecule has 1 amide bonds. The fourth-order valence-corrected chi connectivity index (χ4v) is 3.99. The maximum atomic E-state index is 12.4. The van der Waals surface area contributed by atoms with E-state index in [-0.39, 0.29) is 11.3 Å². The zero-order chi connectivity index (χ0) is 18.1. The summed E-state index contributed by atoms with van der Waals surface area (Å²) < 4.78 is 0. The van der Waals surface area contributed by atoms with Gasteiger partial charge in [-0.05, 0) is 5.56 Å². The van der Waals surface area contributed by atoms with Crippen molar-refractivity contribution < 1.29 is 9.63 Å². The number of H-pyrrole nitrogens is 1. The third kappa shape index (κ3) is 2.56. The third-order valence-corrected chi connectivity index (χ3v) is 5.40. The van der Waals surface area contributed by atoms with Gasteiger partial charge in [-0.2, -0.15) is 5.10 Å². The van der Waals surface area contributed by atoms with Gasteiger partial charge in [0.2, 0.25) is 0 Å². The number of allylic oxidation sites excluding steroid dienone is 1. The second-order valence-electron chi connectivity index (χ2n) is 6.17. The second-order valence-corrected chi connectivity index (χ2v) is 6.89. The molecule has 0 aliphatic heterocycles. The molecule has 1 unspecified atom stereocenters. The van der Waals surface area contributed by atoms with Crippen LogP contribution in [0.4, 0.5) is 0 Å². The summed E-state index contributed by atoms with van der Waals surface area (Å²) in [5, 5.41) is 10.5. The third-order valence-electron chi connectivity index (χ3n) is 4.81. The van der Waals surface area contributed by atoms with Crippen molar-refractivity contribution in [3.05, 3.63) is 75.5 Å². The first-order valence-corrected chi connectivity index (χ1v) is 9.13. The standard InChI is InChI=1S/C19H18N4O2S/c1-23(25-2)18(24)17-14-8-9-19(10-15(14)21-22-17,16-11-26-12-20-16)13-6-4-3-5-7-13/h3-9,11-12H,10H2,1-2H3,(H,21,22). The smallest absolute Gasteiger partial charge is 0.281 e. The normalized spacial score (nSPS) is 18.5. The summed E-state index contributed by atoms with van der Waals surface area (Å²) in [5.74, 6) is -0.282. The Morgan fingerprint density at radius 2 is 2.15 bits per heavy atom. The molecule has 26 heavy (non-hydrogen) atoms. The van der Waals surface area contributed by atoms with E-state index < -0.39 is 0 Å². The first-order valence-electron chi connectivity index (χ1n) is 8.18. The Hall–Kier alpha value is -2.77. The van der Waals surface area contributed by atoms with Gasteiger partial charge in [0.05, 0.1) is 23.7 Å². The number of hydroxylamine groups is 2. The summed E-state index contributed by atoms with van der Waals surface area (Å²) in [5.41, 5.74) is 5.70. The van der Waals surface area contributed by atoms with E-state index in [0.29, 0.717) is 12.1 Å². The van der Waals surface area contributed by atoms with Crippen LogP contribution in [0.5, 0.6) is 0 Å². The fourth-order valence-electron chi connectivity index (χ4n) is 3.35. The molecule has 0 spiro atoms. The number of rotatable bonds is 4. The number of amides is 1. The Balaban J connectivity index is 1.80. The van der Waals surface area contributed by atoms with Gasteiger partial charge in [0.15, 0.2) is 5.69 Å². The lowest BCUT2D eigenvalue weighted by molar-refractivity contribution is -0.0760. The van der Waals surface area contributed by atoms with Crippen molar-refractivity contribution in [3.8, 4) is 0 Å². The van der Waals surface area contributed by atoms with E-state index >= 15 is 0 Å². The van der Waals surface area contributed by atoms with Crippen molar-refractivity contribution in [1.29, 1.82) is 0 Å². The Labute approximate surface area is 155 Å². The average molecular weight is 366 g/mol. The van der Waals surface area contributed by atoms with Gasteiger partial charge < -0.3 is 0 Å². The maximum absolute atomic E-state index is 12.4. The summed E-state index contributed by atoms with van der Waals surface area (Å²) in [7, 11) is 3.02. The lowest BCUT2D eigenvalue weighted by atomic mass is 9.71. The number of aromatic nitrogens is 3. The number of carbonyl (C=O) groups excluding carboxylic acids is 1. The Kier molecular flexibility index (Phi) is 4.18. The highest BCUT2D eigenvalue weighted by Gasteiger charge is 2.38. The molecule has 2 heterocycles. The molecule has 0 saturated carbocycles. The molecule has 1 aliphatic rings. The highest BCUT2D eigenvalue weighted by atomic mass is 32.1. The molecule has 1 aromatic carbocycles. The van der Waals surface area contributed by atoms with Crippen molar-refractivity contribution in [1.82, 2.24) is 20.2 Å². The van der Waals surface area contributed by atoms with Gasteiger partial charge in [-0.25, -0.2) is 10.0 Å². The molecule has 0 radical (unpaired) electrons. The van der Waals surface area contributed by atoms with Gasteiger partial charge in [0.1, 0.15) is 0 Å². The summed E-state index contributed by atoms with van der Waals surface area (Å²) in [6, 6.07) is 10.3. The van der Waals surface area contributed by atoms with Gasteiger partial charge >= 0.3 is 0 Å². The number of benzene rings is 1. The van der Waals surface area contributed by atoms with Crippen LogP contribution in [0.25, 0.3) is 6.08 Å². The van der Waals surface area contributed by atoms with Crippen molar-refractivity contribution in [2.24, 2.45) is 0 Å². The number of aromatic amines is 1. The molecule has 4 rings (SSSR count). The van der Waals surface area contributed by atoms with Crippen molar-refractivity contribution in [2.75, 3.05) is 14.2 Å². The number of thiazole rings is 1. The summed E-state index contributed by atoms with van der Waals surface area (Å²) >= 11 is 1.58. The number of nitrogens with one attached hydrogen (secondary N) is 1. The second kappa shape index (κ2) is 6.51. The minimum atomic E-state index is -0.381. The lowest BCUT2D eigenvalue weighted by Crippen LogP contribution is -2.31. The molecule has 132 valence electrons. The van der Waals surface area contributed by atoms with Gasteiger partial charge in [-0.15, -0.1) is 11.3 Å². The number of carbonyl (C=O) groups is 1. The number of hydrogen-bond acceptors (Lipinski definition) is 5. The van der Waals surface area contributed by atoms with Gasteiger partial charge in [0.25, 0.3) is 5.91 Å². The monoisotopic (exact) mass is 366 g/mol. The largest absolute Gasteiger partial charge is 0.298 e. The summed E-state index contributed by atoms with van der Waals surface area (Å²) in [6.07, 6.45) is 4.74. The highest BCUT2D eigenvalue weighted by Crippen LogP contribution is 2.41. The molecule has 2 aromatic heterocycles. The van der Waals surface area contributed by atoms with E-state index in [4.69, 9.17) is 4.84 Å². The molecular weight excluding hydrogens is 348 g/mol. The van der Waals surface area contributed by atoms with E-state index in [1.807, 2.05) is 29.8 Å². The van der Waals surface area contributed by atoms with E-state index in [1.165, 1.54) is 12.2 Å². The molecule has 6 nitrogen and oxygen atoms in total. The van der Waals surface area contributed by atoms with Crippen LogP contribution in [-0.4, -0.2) is 40.3 Å². The van der Waals surface area contributed by atoms with Crippen molar-refractivity contribution in [2.45, 2.75) is 11.8 Å². The number of hydrogen-bond donors (Lipinski definition) is 1. The van der Waals surface area contributed by atoms with Crippen LogP contribution in [0, 0.1) is 0 Å². The topological polar surface area (TPSA) is 71.1 Å². The first-order chi connectivity index (χ1) is 12.7. The van der Waals surface area contributed by atoms with Gasteiger partial charge in [-0.1, -0.05) is 42.5 Å². The lowest BCUT2D eigenvalue weighted by Gasteiger charge is -2.32. The highest BCUT2D eigenvalue weighted by molar-refractivity contribution is 7.07. The molecule has 0 saturated heterocycles. The van der Waals surface area contributed by atoms with Crippen molar-refractivity contribution >= 4 is 23.3 Å². The molecule has 1 N–H and O–H groups in total. The van der Waals surface area contributed by atoms with Gasteiger partial charge in [0, 0.05) is 30.1 Å². The van der Waals surface area contributed by atoms with Crippen LogP contribution in [0.2, 0.25) is 0 Å². The predicted molar refractivity (Wildman–Crippen MR) is 99.8 cm³/mol. The minimum absolute atomic E-state index is 0.282. The van der Waals surface area contributed by atoms with Gasteiger partial charge in [-0.3, -0.25) is 14.7 Å². The Bertz CT molecular complexity index is 949. The Morgan fingerprint density at radius 3 is 2.85 bits per heavy atom. The molecule has 3 aromatic rings. The molecule has 0 fully saturated rings. The average Bonchev–Trinajstić information content (AvgIpc) is 3.37. The fraction of sp³-hybridized carbons (Fsp3) is 0.211. The van der Waals surface area contributed by atoms with E-state index in [9.17, 15) is 4.79 Å². The molecule has 1 atom stereocenters. The van der Waals surface area contributed by atoms with Crippen LogP contribution in [0.15, 0.2) is 47.3 Å². The SMILES string of the molecule is CON(C)C(=O)c1n[nH]c2c1C=CC(c1ccccc1)(c1cscn1)C2. The van der Waals surface area contributed by atoms with Crippen molar-refractivity contribution in [3.63, 3.8) is 0 Å². The van der Waals surface area contributed by atoms with Crippen LogP contribution in [0.3, 0.4) is 0 Å². The summed E-state index contributed by atoms with van der Waals surface area (Å²) in [4.78, 5) is 22.0. The van der Waals surface area contributed by atoms with Crippen LogP contribution < -0.4 is 0 Å². The molecular formula is C19H18N4O2S. The number of nitrogens with zero attached hydrogens (tertiary/aromatic N) is 3. The quantitative estimate of drug-likeness (QED) is 0.721.